The van der Waals surface area contributed by atoms with Crippen LogP contribution in [0.2, 0.25) is 0 Å². The zero-order chi connectivity index (χ0) is 17.6. The van der Waals surface area contributed by atoms with Crippen LogP contribution in [0.5, 0.6) is 11.5 Å². The van der Waals surface area contributed by atoms with Crippen molar-refractivity contribution in [1.29, 1.82) is 0 Å². The highest BCUT2D eigenvalue weighted by Gasteiger charge is 2.34. The molecule has 1 aliphatic rings. The third kappa shape index (κ3) is 4.38. The number of hydrogen-bond acceptors (Lipinski definition) is 6. The van der Waals surface area contributed by atoms with Crippen molar-refractivity contribution >= 4 is 10.0 Å². The van der Waals surface area contributed by atoms with E-state index < -0.39 is 10.0 Å². The van der Waals surface area contributed by atoms with E-state index in [0.29, 0.717) is 18.9 Å². The molecule has 24 heavy (non-hydrogen) atoms. The summed E-state index contributed by atoms with van der Waals surface area (Å²) in [5.74, 6) is 0.749. The van der Waals surface area contributed by atoms with Crippen LogP contribution in [0.1, 0.15) is 12.8 Å². The van der Waals surface area contributed by atoms with E-state index in [1.165, 1.54) is 20.3 Å². The summed E-state index contributed by atoms with van der Waals surface area (Å²) in [7, 11) is 0.859. The molecule has 1 fully saturated rings. The molecule has 1 saturated heterocycles. The van der Waals surface area contributed by atoms with Gasteiger partial charge in [-0.3, -0.25) is 0 Å². The molecular weight excluding hydrogens is 332 g/mol. The first-order valence-electron chi connectivity index (χ1n) is 7.88. The number of hydrogen-bond donors (Lipinski definition) is 2. The van der Waals surface area contributed by atoms with Crippen LogP contribution >= 0.6 is 0 Å². The quantitative estimate of drug-likeness (QED) is 0.721. The van der Waals surface area contributed by atoms with E-state index >= 15 is 0 Å². The van der Waals surface area contributed by atoms with Crippen LogP contribution < -0.4 is 19.5 Å². The lowest BCUT2D eigenvalue weighted by Gasteiger charge is -2.37. The van der Waals surface area contributed by atoms with Crippen LogP contribution in [-0.2, 0) is 14.8 Å². The Balaban J connectivity index is 2.21. The van der Waals surface area contributed by atoms with Crippen LogP contribution in [0.4, 0.5) is 0 Å². The average Bonchev–Trinajstić information content (AvgIpc) is 2.61. The highest BCUT2D eigenvalue weighted by Crippen LogP contribution is 2.31. The predicted molar refractivity (Wildman–Crippen MR) is 91.1 cm³/mol. The molecule has 136 valence electrons. The van der Waals surface area contributed by atoms with E-state index in [0.717, 1.165) is 25.9 Å². The maximum absolute atomic E-state index is 12.8. The van der Waals surface area contributed by atoms with Crippen LogP contribution in [0, 0.1) is 5.41 Å². The Kier molecular flexibility index (Phi) is 6.45. The number of sulfonamides is 1. The molecule has 7 nitrogen and oxygen atoms in total. The van der Waals surface area contributed by atoms with Crippen molar-refractivity contribution in [3.63, 3.8) is 0 Å². The van der Waals surface area contributed by atoms with Gasteiger partial charge >= 0.3 is 0 Å². The molecule has 2 rings (SSSR count). The van der Waals surface area contributed by atoms with Gasteiger partial charge in [0.15, 0.2) is 0 Å². The monoisotopic (exact) mass is 358 g/mol. The fourth-order valence-electron chi connectivity index (χ4n) is 2.96. The number of ether oxygens (including phenoxy) is 3. The summed E-state index contributed by atoms with van der Waals surface area (Å²) < 4.78 is 43.9. The highest BCUT2D eigenvalue weighted by atomic mass is 32.2. The molecule has 0 spiro atoms. The Bertz CT molecular complexity index is 636. The van der Waals surface area contributed by atoms with Gasteiger partial charge in [-0.25, -0.2) is 13.1 Å². The van der Waals surface area contributed by atoms with Gasteiger partial charge < -0.3 is 19.5 Å². The maximum Gasteiger partial charge on any atom is 0.244 e. The summed E-state index contributed by atoms with van der Waals surface area (Å²) in [6, 6.07) is 4.71. The molecular formula is C16H26N2O5S. The summed E-state index contributed by atoms with van der Waals surface area (Å²) in [5.41, 5.74) is -0.195. The molecule has 8 heteroatoms. The van der Waals surface area contributed by atoms with Gasteiger partial charge in [-0.2, -0.15) is 0 Å². The molecule has 1 aliphatic heterocycles. The Labute approximate surface area is 143 Å². The first-order valence-corrected chi connectivity index (χ1v) is 9.36. The summed E-state index contributed by atoms with van der Waals surface area (Å²) in [5, 5.41) is 3.29. The lowest BCUT2D eigenvalue weighted by Crippen LogP contribution is -2.47. The molecule has 0 radical (unpaired) electrons. The normalized spacial score (nSPS) is 17.5. The van der Waals surface area contributed by atoms with Gasteiger partial charge in [-0.05, 0) is 38.1 Å². The predicted octanol–water partition coefficient (Wildman–Crippen LogP) is 0.998. The molecule has 0 bridgehead atoms. The summed E-state index contributed by atoms with van der Waals surface area (Å²) in [4.78, 5) is 0.0749. The zero-order valence-electron chi connectivity index (χ0n) is 14.4. The number of piperidine rings is 1. The van der Waals surface area contributed by atoms with Crippen molar-refractivity contribution in [3.8, 4) is 11.5 Å². The number of methoxy groups -OCH3 is 3. The molecule has 0 atom stereocenters. The fraction of sp³-hybridized carbons (Fsp3) is 0.625. The van der Waals surface area contributed by atoms with Crippen molar-refractivity contribution in [3.05, 3.63) is 18.2 Å². The summed E-state index contributed by atoms with van der Waals surface area (Å²) in [6.45, 7) is 2.55. The molecule has 0 aliphatic carbocycles. The van der Waals surface area contributed by atoms with Crippen molar-refractivity contribution in [1.82, 2.24) is 10.0 Å². The Morgan fingerprint density at radius 3 is 2.46 bits per heavy atom. The largest absolute Gasteiger partial charge is 0.497 e. The van der Waals surface area contributed by atoms with Crippen LogP contribution in [0.25, 0.3) is 0 Å². The van der Waals surface area contributed by atoms with Gasteiger partial charge in [-0.1, -0.05) is 0 Å². The lowest BCUT2D eigenvalue weighted by atomic mass is 9.80. The minimum absolute atomic E-state index is 0.0749. The number of nitrogens with one attached hydrogen (secondary N) is 2. The minimum Gasteiger partial charge on any atom is -0.497 e. The molecule has 0 aromatic heterocycles. The van der Waals surface area contributed by atoms with Gasteiger partial charge in [0.1, 0.15) is 16.4 Å². The Morgan fingerprint density at radius 2 is 1.88 bits per heavy atom. The van der Waals surface area contributed by atoms with Crippen LogP contribution in [0.3, 0.4) is 0 Å². The highest BCUT2D eigenvalue weighted by molar-refractivity contribution is 7.89. The van der Waals surface area contributed by atoms with Crippen molar-refractivity contribution in [2.75, 3.05) is 47.6 Å². The van der Waals surface area contributed by atoms with Crippen LogP contribution in [-0.4, -0.2) is 56.0 Å². The second-order valence-corrected chi connectivity index (χ2v) is 7.76. The molecule has 0 unspecified atom stereocenters. The van der Waals surface area contributed by atoms with Gasteiger partial charge in [0.25, 0.3) is 0 Å². The van der Waals surface area contributed by atoms with Crippen molar-refractivity contribution < 1.29 is 22.6 Å². The van der Waals surface area contributed by atoms with E-state index in [2.05, 4.69) is 10.0 Å². The number of benzene rings is 1. The van der Waals surface area contributed by atoms with E-state index in [4.69, 9.17) is 14.2 Å². The van der Waals surface area contributed by atoms with Gasteiger partial charge in [0.2, 0.25) is 10.0 Å². The van der Waals surface area contributed by atoms with E-state index in [1.54, 1.807) is 19.2 Å². The fourth-order valence-corrected chi connectivity index (χ4v) is 4.29. The van der Waals surface area contributed by atoms with Crippen molar-refractivity contribution in [2.24, 2.45) is 5.41 Å². The van der Waals surface area contributed by atoms with E-state index in [9.17, 15) is 8.42 Å². The SMILES string of the molecule is COCC1(CNS(=O)(=O)c2cc(OC)ccc2OC)CCNCC1. The summed E-state index contributed by atoms with van der Waals surface area (Å²) in [6.07, 6.45) is 1.72. The minimum atomic E-state index is -3.72. The third-order valence-corrected chi connectivity index (χ3v) is 5.83. The Morgan fingerprint density at radius 1 is 1.17 bits per heavy atom. The molecule has 0 saturated carbocycles. The van der Waals surface area contributed by atoms with E-state index in [-0.39, 0.29) is 16.1 Å². The van der Waals surface area contributed by atoms with Gasteiger partial charge in [-0.15, -0.1) is 0 Å². The summed E-state index contributed by atoms with van der Waals surface area (Å²) >= 11 is 0. The second kappa shape index (κ2) is 8.15. The van der Waals surface area contributed by atoms with Crippen molar-refractivity contribution in [2.45, 2.75) is 17.7 Å². The first kappa shape index (κ1) is 19.0. The Hall–Kier alpha value is -1.35. The second-order valence-electron chi connectivity index (χ2n) is 6.02. The third-order valence-electron chi connectivity index (χ3n) is 4.41. The average molecular weight is 358 g/mol. The molecule has 1 heterocycles. The van der Waals surface area contributed by atoms with E-state index in [1.807, 2.05) is 0 Å². The molecule has 0 amide bonds. The topological polar surface area (TPSA) is 85.9 Å². The standard InChI is InChI=1S/C16H26N2O5S/c1-21-12-16(6-8-17-9-7-16)11-18-24(19,20)15-10-13(22-2)4-5-14(15)23-3/h4-5,10,17-18H,6-9,11-12H2,1-3H3. The molecule has 1 aromatic rings. The number of rotatable bonds is 8. The molecule has 1 aromatic carbocycles. The maximum atomic E-state index is 12.8. The van der Waals surface area contributed by atoms with Gasteiger partial charge in [0, 0.05) is 25.1 Å². The first-order chi connectivity index (χ1) is 11.5. The molecule has 2 N–H and O–H groups in total. The lowest BCUT2D eigenvalue weighted by molar-refractivity contribution is 0.0577. The zero-order valence-corrected chi connectivity index (χ0v) is 15.2. The van der Waals surface area contributed by atoms with Gasteiger partial charge in [0.05, 0.1) is 20.8 Å². The smallest absolute Gasteiger partial charge is 0.244 e. The van der Waals surface area contributed by atoms with Crippen LogP contribution in [0.15, 0.2) is 23.1 Å².